The third-order valence-electron chi connectivity index (χ3n) is 3.46. The van der Waals surface area contributed by atoms with Crippen LogP contribution in [0.4, 0.5) is 0 Å². The van der Waals surface area contributed by atoms with Crippen LogP contribution in [0.3, 0.4) is 0 Å². The second-order valence-electron chi connectivity index (χ2n) is 4.93. The molecule has 1 N–H and O–H groups in total. The maximum atomic E-state index is 6.01. The first-order valence-corrected chi connectivity index (χ1v) is 6.39. The molecule has 1 heterocycles. The van der Waals surface area contributed by atoms with Gasteiger partial charge in [-0.25, -0.2) is 0 Å². The van der Waals surface area contributed by atoms with Gasteiger partial charge in [0.05, 0.1) is 0 Å². The van der Waals surface area contributed by atoms with Gasteiger partial charge in [0, 0.05) is 6.54 Å². The van der Waals surface area contributed by atoms with Gasteiger partial charge >= 0.3 is 0 Å². The molecule has 1 aliphatic heterocycles. The van der Waals surface area contributed by atoms with E-state index in [1.54, 1.807) is 0 Å². The van der Waals surface area contributed by atoms with Gasteiger partial charge in [-0.1, -0.05) is 12.1 Å². The molecule has 2 fully saturated rings. The standard InChI is InChI=1S/C14H19NO/c1-3-12(11-6-7-11)9-13(4-1)16-14-5-2-8-15-10-14/h1,3-4,9,11,14-15H,2,5-8,10H2. The van der Waals surface area contributed by atoms with Crippen molar-refractivity contribution in [2.45, 2.75) is 37.7 Å². The lowest BCUT2D eigenvalue weighted by Gasteiger charge is -2.24. The molecule has 0 bridgehead atoms. The van der Waals surface area contributed by atoms with E-state index >= 15 is 0 Å². The van der Waals surface area contributed by atoms with Crippen molar-refractivity contribution < 1.29 is 4.74 Å². The van der Waals surface area contributed by atoms with E-state index < -0.39 is 0 Å². The lowest BCUT2D eigenvalue weighted by atomic mass is 10.1. The fraction of sp³-hybridized carbons (Fsp3) is 0.571. The van der Waals surface area contributed by atoms with E-state index in [4.69, 9.17) is 4.74 Å². The zero-order chi connectivity index (χ0) is 10.8. The molecule has 0 amide bonds. The van der Waals surface area contributed by atoms with Crippen LogP contribution in [0.25, 0.3) is 0 Å². The summed E-state index contributed by atoms with van der Waals surface area (Å²) in [7, 11) is 0. The molecule has 3 rings (SSSR count). The molecule has 1 aromatic carbocycles. The molecule has 2 aliphatic rings. The van der Waals surface area contributed by atoms with E-state index in [0.29, 0.717) is 6.10 Å². The van der Waals surface area contributed by atoms with Gasteiger partial charge < -0.3 is 10.1 Å². The highest BCUT2D eigenvalue weighted by Crippen LogP contribution is 2.41. The largest absolute Gasteiger partial charge is 0.489 e. The number of hydrogen-bond donors (Lipinski definition) is 1. The molecule has 2 heteroatoms. The van der Waals surface area contributed by atoms with Crippen molar-refractivity contribution in [1.82, 2.24) is 5.32 Å². The Hall–Kier alpha value is -1.02. The van der Waals surface area contributed by atoms with Crippen LogP contribution in [0, 0.1) is 0 Å². The minimum Gasteiger partial charge on any atom is -0.489 e. The number of nitrogens with one attached hydrogen (secondary N) is 1. The second kappa shape index (κ2) is 4.46. The molecule has 1 unspecified atom stereocenters. The van der Waals surface area contributed by atoms with Crippen LogP contribution in [0.1, 0.15) is 37.2 Å². The van der Waals surface area contributed by atoms with Crippen LogP contribution in [-0.4, -0.2) is 19.2 Å². The van der Waals surface area contributed by atoms with Gasteiger partial charge in [0.1, 0.15) is 11.9 Å². The molecule has 1 aliphatic carbocycles. The first-order chi connectivity index (χ1) is 7.92. The molecule has 0 radical (unpaired) electrons. The number of hydrogen-bond acceptors (Lipinski definition) is 2. The van der Waals surface area contributed by atoms with Gasteiger partial charge in [0.2, 0.25) is 0 Å². The highest BCUT2D eigenvalue weighted by atomic mass is 16.5. The summed E-state index contributed by atoms with van der Waals surface area (Å²) >= 11 is 0. The van der Waals surface area contributed by atoms with Gasteiger partial charge in [0.25, 0.3) is 0 Å². The SMILES string of the molecule is c1cc(OC2CCCNC2)cc(C2CC2)c1. The summed E-state index contributed by atoms with van der Waals surface area (Å²) < 4.78 is 6.01. The number of piperidine rings is 1. The topological polar surface area (TPSA) is 21.3 Å². The Morgan fingerprint density at radius 1 is 1.19 bits per heavy atom. The Labute approximate surface area is 97.0 Å². The van der Waals surface area contributed by atoms with Gasteiger partial charge in [-0.2, -0.15) is 0 Å². The summed E-state index contributed by atoms with van der Waals surface area (Å²) in [4.78, 5) is 0. The highest BCUT2D eigenvalue weighted by molar-refractivity contribution is 5.33. The van der Waals surface area contributed by atoms with E-state index in [-0.39, 0.29) is 0 Å². The maximum Gasteiger partial charge on any atom is 0.120 e. The monoisotopic (exact) mass is 217 g/mol. The van der Waals surface area contributed by atoms with Gasteiger partial charge in [-0.15, -0.1) is 0 Å². The molecule has 86 valence electrons. The maximum absolute atomic E-state index is 6.01. The number of rotatable bonds is 3. The predicted molar refractivity (Wildman–Crippen MR) is 64.9 cm³/mol. The second-order valence-corrected chi connectivity index (χ2v) is 4.93. The Morgan fingerprint density at radius 3 is 2.88 bits per heavy atom. The summed E-state index contributed by atoms with van der Waals surface area (Å²) in [5.41, 5.74) is 1.46. The Morgan fingerprint density at radius 2 is 2.12 bits per heavy atom. The van der Waals surface area contributed by atoms with E-state index in [1.165, 1.54) is 31.2 Å². The minimum absolute atomic E-state index is 0.364. The molecule has 0 spiro atoms. The zero-order valence-corrected chi connectivity index (χ0v) is 9.61. The first-order valence-electron chi connectivity index (χ1n) is 6.39. The lowest BCUT2D eigenvalue weighted by Crippen LogP contribution is -2.37. The van der Waals surface area contributed by atoms with Crippen molar-refractivity contribution in [1.29, 1.82) is 0 Å². The van der Waals surface area contributed by atoms with Crippen LogP contribution in [0.2, 0.25) is 0 Å². The van der Waals surface area contributed by atoms with Crippen LogP contribution in [0.15, 0.2) is 24.3 Å². The van der Waals surface area contributed by atoms with Crippen molar-refractivity contribution in [3.05, 3.63) is 29.8 Å². The zero-order valence-electron chi connectivity index (χ0n) is 9.61. The van der Waals surface area contributed by atoms with E-state index in [0.717, 1.165) is 24.8 Å². The van der Waals surface area contributed by atoms with Gasteiger partial charge in [-0.3, -0.25) is 0 Å². The van der Waals surface area contributed by atoms with E-state index in [9.17, 15) is 0 Å². The highest BCUT2D eigenvalue weighted by Gasteiger charge is 2.24. The first kappa shape index (κ1) is 10.2. The number of benzene rings is 1. The van der Waals surface area contributed by atoms with Crippen molar-refractivity contribution in [3.63, 3.8) is 0 Å². The fourth-order valence-electron chi connectivity index (χ4n) is 2.37. The van der Waals surface area contributed by atoms with Crippen molar-refractivity contribution in [2.24, 2.45) is 0 Å². The molecule has 16 heavy (non-hydrogen) atoms. The molecular weight excluding hydrogens is 198 g/mol. The Balaban J connectivity index is 1.66. The molecular formula is C14H19NO. The smallest absolute Gasteiger partial charge is 0.120 e. The third-order valence-corrected chi connectivity index (χ3v) is 3.46. The predicted octanol–water partition coefficient (Wildman–Crippen LogP) is 2.69. The van der Waals surface area contributed by atoms with Crippen molar-refractivity contribution in [2.75, 3.05) is 13.1 Å². The minimum atomic E-state index is 0.364. The lowest BCUT2D eigenvalue weighted by molar-refractivity contribution is 0.167. The molecule has 1 atom stereocenters. The Bertz CT molecular complexity index is 354. The average Bonchev–Trinajstić information content (AvgIpc) is 3.15. The molecule has 1 saturated carbocycles. The average molecular weight is 217 g/mol. The van der Waals surface area contributed by atoms with Crippen molar-refractivity contribution >= 4 is 0 Å². The molecule has 1 aromatic rings. The summed E-state index contributed by atoms with van der Waals surface area (Å²) in [5.74, 6) is 1.87. The Kier molecular flexibility index (Phi) is 2.83. The van der Waals surface area contributed by atoms with Crippen molar-refractivity contribution in [3.8, 4) is 5.75 Å². The fourth-order valence-corrected chi connectivity index (χ4v) is 2.37. The summed E-state index contributed by atoms with van der Waals surface area (Å²) in [5, 5.41) is 3.38. The normalized spacial score (nSPS) is 25.4. The van der Waals surface area contributed by atoms with Crippen LogP contribution < -0.4 is 10.1 Å². The van der Waals surface area contributed by atoms with Gasteiger partial charge in [-0.05, 0) is 55.8 Å². The summed E-state index contributed by atoms with van der Waals surface area (Å²) in [6.45, 7) is 2.13. The summed E-state index contributed by atoms with van der Waals surface area (Å²) in [6.07, 6.45) is 5.49. The summed E-state index contributed by atoms with van der Waals surface area (Å²) in [6, 6.07) is 8.66. The third kappa shape index (κ3) is 2.38. The molecule has 0 aromatic heterocycles. The van der Waals surface area contributed by atoms with Crippen LogP contribution in [0.5, 0.6) is 5.75 Å². The van der Waals surface area contributed by atoms with Crippen LogP contribution >= 0.6 is 0 Å². The molecule has 2 nitrogen and oxygen atoms in total. The quantitative estimate of drug-likeness (QED) is 0.840. The van der Waals surface area contributed by atoms with E-state index in [2.05, 4.69) is 29.6 Å². The van der Waals surface area contributed by atoms with Crippen LogP contribution in [-0.2, 0) is 0 Å². The number of ether oxygens (including phenoxy) is 1. The van der Waals surface area contributed by atoms with Gasteiger partial charge in [0.15, 0.2) is 0 Å². The van der Waals surface area contributed by atoms with E-state index in [1.807, 2.05) is 0 Å². The molecule has 1 saturated heterocycles.